The second kappa shape index (κ2) is 13.3. The molecule has 6 nitrogen and oxygen atoms in total. The van der Waals surface area contributed by atoms with E-state index in [0.29, 0.717) is 46.0 Å². The third-order valence-corrected chi connectivity index (χ3v) is 10.9. The lowest BCUT2D eigenvalue weighted by molar-refractivity contribution is 0.361. The summed E-state index contributed by atoms with van der Waals surface area (Å²) in [6.07, 6.45) is 1.80. The third kappa shape index (κ3) is 5.26. The molecule has 2 aliphatic rings. The van der Waals surface area contributed by atoms with Crippen molar-refractivity contribution in [1.82, 2.24) is 19.9 Å². The van der Waals surface area contributed by atoms with Gasteiger partial charge in [-0.2, -0.15) is 0 Å². The molecule has 3 heterocycles. The van der Waals surface area contributed by atoms with Crippen LogP contribution < -0.4 is 9.47 Å². The lowest BCUT2D eigenvalue weighted by Crippen LogP contribution is -2.28. The summed E-state index contributed by atoms with van der Waals surface area (Å²) in [5, 5.41) is 0. The fourth-order valence-corrected chi connectivity index (χ4v) is 8.45. The molecule has 11 rings (SSSR count). The molecule has 0 amide bonds. The summed E-state index contributed by atoms with van der Waals surface area (Å²) in [5.74, 6) is 4.02. The maximum atomic E-state index is 7.00. The zero-order valence-corrected chi connectivity index (χ0v) is 30.6. The van der Waals surface area contributed by atoms with E-state index in [9.17, 15) is 0 Å². The Balaban J connectivity index is 1.07. The first-order valence-corrected chi connectivity index (χ1v) is 19.0. The molecule has 2 aromatic heterocycles. The van der Waals surface area contributed by atoms with E-state index in [0.717, 1.165) is 39.1 Å². The van der Waals surface area contributed by atoms with Crippen molar-refractivity contribution in [2.75, 3.05) is 0 Å². The molecule has 0 atom stereocenters. The van der Waals surface area contributed by atoms with Crippen molar-refractivity contribution < 1.29 is 9.47 Å². The molecule has 9 aromatic rings. The smallest absolute Gasteiger partial charge is 0.181 e. The van der Waals surface area contributed by atoms with E-state index < -0.39 is 5.41 Å². The van der Waals surface area contributed by atoms with Gasteiger partial charge in [-0.25, -0.2) is 15.0 Å². The number of rotatable bonds is 6. The van der Waals surface area contributed by atoms with Gasteiger partial charge in [0.2, 0.25) is 0 Å². The number of ether oxygens (including phenoxy) is 2. The molecule has 6 heteroatoms. The summed E-state index contributed by atoms with van der Waals surface area (Å²) in [4.78, 5) is 19.7. The van der Waals surface area contributed by atoms with E-state index in [4.69, 9.17) is 24.4 Å². The summed E-state index contributed by atoms with van der Waals surface area (Å²) >= 11 is 0. The van der Waals surface area contributed by atoms with Gasteiger partial charge in [0.15, 0.2) is 40.5 Å². The van der Waals surface area contributed by atoms with E-state index in [-0.39, 0.29) is 0 Å². The quantitative estimate of drug-likeness (QED) is 0.169. The van der Waals surface area contributed by atoms with Crippen LogP contribution in [-0.2, 0) is 5.41 Å². The highest BCUT2D eigenvalue weighted by molar-refractivity contribution is 5.92. The van der Waals surface area contributed by atoms with Crippen LogP contribution in [0.3, 0.4) is 0 Å². The monoisotopic (exact) mass is 732 g/mol. The van der Waals surface area contributed by atoms with E-state index in [1.165, 1.54) is 16.7 Å². The van der Waals surface area contributed by atoms with E-state index in [2.05, 4.69) is 102 Å². The van der Waals surface area contributed by atoms with Crippen molar-refractivity contribution in [3.8, 4) is 79.5 Å². The molecule has 1 aliphatic carbocycles. The van der Waals surface area contributed by atoms with Crippen LogP contribution in [0.4, 0.5) is 0 Å². The molecule has 0 unspecified atom stereocenters. The predicted octanol–water partition coefficient (Wildman–Crippen LogP) is 12.2. The van der Waals surface area contributed by atoms with E-state index in [1.807, 2.05) is 91.0 Å². The van der Waals surface area contributed by atoms with Gasteiger partial charge in [0.05, 0.1) is 16.7 Å². The zero-order chi connectivity index (χ0) is 37.8. The molecule has 268 valence electrons. The summed E-state index contributed by atoms with van der Waals surface area (Å²) in [6.45, 7) is 0. The molecule has 0 fully saturated rings. The van der Waals surface area contributed by atoms with Crippen LogP contribution in [0.15, 0.2) is 194 Å². The maximum absolute atomic E-state index is 7.00. The van der Waals surface area contributed by atoms with Crippen LogP contribution in [0.1, 0.15) is 22.3 Å². The Morgan fingerprint density at radius 2 is 0.965 bits per heavy atom. The number of hydrogen-bond acceptors (Lipinski definition) is 6. The van der Waals surface area contributed by atoms with Crippen molar-refractivity contribution in [2.24, 2.45) is 0 Å². The van der Waals surface area contributed by atoms with Gasteiger partial charge in [-0.15, -0.1) is 0 Å². The third-order valence-electron chi connectivity index (χ3n) is 10.9. The second-order valence-electron chi connectivity index (χ2n) is 14.1. The summed E-state index contributed by atoms with van der Waals surface area (Å²) in [5.41, 5.74) is 10.6. The molecule has 0 N–H and O–H groups in total. The fraction of sp³-hybridized carbons (Fsp3) is 0.0196. The average Bonchev–Trinajstić information content (AvgIpc) is 3.61. The van der Waals surface area contributed by atoms with Gasteiger partial charge in [-0.3, -0.25) is 4.98 Å². The van der Waals surface area contributed by atoms with E-state index >= 15 is 0 Å². The minimum absolute atomic E-state index is 0.477. The first kappa shape index (κ1) is 32.7. The molecule has 0 saturated heterocycles. The average molecular weight is 733 g/mol. The Kier molecular flexibility index (Phi) is 7.60. The van der Waals surface area contributed by atoms with Gasteiger partial charge in [0, 0.05) is 28.5 Å². The van der Waals surface area contributed by atoms with Crippen molar-refractivity contribution in [3.05, 3.63) is 217 Å². The van der Waals surface area contributed by atoms with Gasteiger partial charge in [0.25, 0.3) is 0 Å². The highest BCUT2D eigenvalue weighted by Gasteiger charge is 2.48. The second-order valence-corrected chi connectivity index (χ2v) is 14.1. The topological polar surface area (TPSA) is 70.0 Å². The number of pyridine rings is 1. The fourth-order valence-electron chi connectivity index (χ4n) is 8.45. The van der Waals surface area contributed by atoms with Crippen LogP contribution in [0.25, 0.3) is 56.5 Å². The highest BCUT2D eigenvalue weighted by atomic mass is 16.6. The van der Waals surface area contributed by atoms with Crippen LogP contribution >= 0.6 is 0 Å². The Hall–Kier alpha value is -7.70. The Morgan fingerprint density at radius 1 is 0.386 bits per heavy atom. The molecule has 1 aliphatic heterocycles. The minimum atomic E-state index is -0.558. The number of nitrogens with zero attached hydrogens (tertiary/aromatic N) is 4. The van der Waals surface area contributed by atoms with Gasteiger partial charge in [0.1, 0.15) is 0 Å². The number of aromatic nitrogens is 4. The van der Waals surface area contributed by atoms with Gasteiger partial charge in [-0.1, -0.05) is 152 Å². The van der Waals surface area contributed by atoms with Gasteiger partial charge in [-0.05, 0) is 64.2 Å². The zero-order valence-electron chi connectivity index (χ0n) is 30.6. The lowest BCUT2D eigenvalue weighted by Gasteiger charge is -2.34. The van der Waals surface area contributed by atoms with Gasteiger partial charge < -0.3 is 9.47 Å². The number of hydrogen-bond donors (Lipinski definition) is 0. The van der Waals surface area contributed by atoms with Crippen LogP contribution in [0.5, 0.6) is 23.0 Å². The molecule has 0 saturated carbocycles. The van der Waals surface area contributed by atoms with Crippen molar-refractivity contribution >= 4 is 0 Å². The molecule has 0 radical (unpaired) electrons. The summed E-state index contributed by atoms with van der Waals surface area (Å²) in [7, 11) is 0. The molecule has 0 bridgehead atoms. The van der Waals surface area contributed by atoms with Crippen molar-refractivity contribution in [3.63, 3.8) is 0 Å². The molecule has 7 aromatic carbocycles. The van der Waals surface area contributed by atoms with E-state index in [1.54, 1.807) is 6.20 Å². The maximum Gasteiger partial charge on any atom is 0.181 e. The normalized spacial score (nSPS) is 13.0. The number of para-hydroxylation sites is 1. The standard InChI is InChI=1S/C51H32N4O2/c1-4-16-33(17-5-1)48-53-49(35-19-14-18-34(32-35)42-27-12-13-31-52-42)55-50(54-48)39-25-15-28-43-46(39)56-44-30-29-41-45(47(44)57-43)38-24-10-11-26-40(38)51(41,36-20-6-2-7-21-36)37-22-8-3-9-23-37/h1-32H. The largest absolute Gasteiger partial charge is 0.449 e. The first-order valence-electron chi connectivity index (χ1n) is 19.0. The van der Waals surface area contributed by atoms with Crippen molar-refractivity contribution in [2.45, 2.75) is 5.41 Å². The molecule has 57 heavy (non-hydrogen) atoms. The number of benzene rings is 7. The van der Waals surface area contributed by atoms with Crippen LogP contribution in [0, 0.1) is 0 Å². The van der Waals surface area contributed by atoms with Crippen molar-refractivity contribution in [1.29, 1.82) is 0 Å². The number of fused-ring (bicyclic) bond motifs is 6. The Labute approximate surface area is 329 Å². The SMILES string of the molecule is c1ccc(-c2nc(-c3cccc(-c4ccccn4)c3)nc(-c3cccc4c3Oc3ccc5c(c3O4)-c3ccccc3C5(c3ccccc3)c3ccccc3)n2)cc1. The molecular weight excluding hydrogens is 701 g/mol. The van der Waals surface area contributed by atoms with Gasteiger partial charge >= 0.3 is 0 Å². The minimum Gasteiger partial charge on any atom is -0.449 e. The Morgan fingerprint density at radius 3 is 1.72 bits per heavy atom. The first-order chi connectivity index (χ1) is 28.3. The van der Waals surface area contributed by atoms with Crippen LogP contribution in [-0.4, -0.2) is 19.9 Å². The molecular formula is C51H32N4O2. The Bertz CT molecular complexity index is 2920. The lowest BCUT2D eigenvalue weighted by atomic mass is 9.68. The van der Waals surface area contributed by atoms with Crippen LogP contribution in [0.2, 0.25) is 0 Å². The summed E-state index contributed by atoms with van der Waals surface area (Å²) in [6, 6.07) is 64.2. The summed E-state index contributed by atoms with van der Waals surface area (Å²) < 4.78 is 13.9. The predicted molar refractivity (Wildman–Crippen MR) is 223 cm³/mol. The highest BCUT2D eigenvalue weighted by Crippen LogP contribution is 2.62. The molecule has 0 spiro atoms.